The first kappa shape index (κ1) is 15.6. The van der Waals surface area contributed by atoms with Gasteiger partial charge in [-0.15, -0.1) is 0 Å². The van der Waals surface area contributed by atoms with Gasteiger partial charge in [-0.3, -0.25) is 14.9 Å². The van der Waals surface area contributed by atoms with Crippen molar-refractivity contribution in [1.82, 2.24) is 0 Å². The largest absolute Gasteiger partial charge is 0.483 e. The van der Waals surface area contributed by atoms with E-state index in [4.69, 9.17) is 15.6 Å². The number of hydrogen-bond acceptors (Lipinski definition) is 5. The summed E-state index contributed by atoms with van der Waals surface area (Å²) in [5.74, 6) is -2.09. The maximum atomic E-state index is 13.5. The molecule has 0 spiro atoms. The Morgan fingerprint density at radius 2 is 2.29 bits per heavy atom. The van der Waals surface area contributed by atoms with Gasteiger partial charge in [-0.25, -0.2) is 4.39 Å². The molecular weight excluding hydrogens is 351 g/mol. The Hall–Kier alpha value is -1.74. The minimum atomic E-state index is -1.41. The van der Waals surface area contributed by atoms with Crippen molar-refractivity contribution in [2.75, 3.05) is 0 Å². The number of nitrogens with zero attached hydrogens (tertiary/aromatic N) is 1. The summed E-state index contributed by atoms with van der Waals surface area (Å²) < 4.78 is 18.9. The highest BCUT2D eigenvalue weighted by atomic mass is 79.9. The number of nitro groups is 1. The molecule has 2 atom stereocenters. The van der Waals surface area contributed by atoms with Crippen LogP contribution in [-0.4, -0.2) is 27.6 Å². The number of nitro benzene ring substituents is 1. The number of benzene rings is 1. The quantitative estimate of drug-likeness (QED) is 0.626. The molecule has 9 heteroatoms. The number of carboxylic acids is 1. The summed E-state index contributed by atoms with van der Waals surface area (Å²) >= 11 is 2.87. The summed E-state index contributed by atoms with van der Waals surface area (Å²) in [7, 11) is 0. The Labute approximate surface area is 127 Å². The molecule has 1 aromatic carbocycles. The molecule has 0 heterocycles. The van der Waals surface area contributed by atoms with Gasteiger partial charge < -0.3 is 15.6 Å². The molecule has 114 valence electrons. The van der Waals surface area contributed by atoms with Gasteiger partial charge in [0.15, 0.2) is 5.75 Å². The Kier molecular flexibility index (Phi) is 4.15. The van der Waals surface area contributed by atoms with E-state index in [0.29, 0.717) is 6.42 Å². The van der Waals surface area contributed by atoms with Gasteiger partial charge in [0.2, 0.25) is 0 Å². The van der Waals surface area contributed by atoms with Crippen LogP contribution in [0, 0.1) is 15.9 Å². The van der Waals surface area contributed by atoms with Crippen molar-refractivity contribution in [2.45, 2.75) is 30.9 Å². The van der Waals surface area contributed by atoms with Gasteiger partial charge >= 0.3 is 11.7 Å². The Bertz CT molecular complexity index is 612. The predicted molar refractivity (Wildman–Crippen MR) is 73.6 cm³/mol. The second kappa shape index (κ2) is 5.57. The van der Waals surface area contributed by atoms with Crippen LogP contribution in [0.2, 0.25) is 0 Å². The van der Waals surface area contributed by atoms with E-state index in [1.54, 1.807) is 0 Å². The molecule has 0 saturated heterocycles. The zero-order valence-electron chi connectivity index (χ0n) is 10.7. The fourth-order valence-corrected chi connectivity index (χ4v) is 2.59. The van der Waals surface area contributed by atoms with Gasteiger partial charge in [0.05, 0.1) is 9.40 Å². The molecule has 1 fully saturated rings. The van der Waals surface area contributed by atoms with E-state index in [-0.39, 0.29) is 23.1 Å². The maximum absolute atomic E-state index is 13.5. The predicted octanol–water partition coefficient (Wildman–Crippen LogP) is 2.21. The van der Waals surface area contributed by atoms with Crippen molar-refractivity contribution >= 4 is 27.6 Å². The third-order valence-electron chi connectivity index (χ3n) is 3.42. The number of hydrogen-bond donors (Lipinski definition) is 2. The Balaban J connectivity index is 2.23. The third kappa shape index (κ3) is 3.13. The molecule has 1 saturated carbocycles. The molecule has 0 bridgehead atoms. The molecule has 7 nitrogen and oxygen atoms in total. The fourth-order valence-electron chi connectivity index (χ4n) is 2.26. The highest BCUT2D eigenvalue weighted by molar-refractivity contribution is 9.10. The highest BCUT2D eigenvalue weighted by Crippen LogP contribution is 2.37. The van der Waals surface area contributed by atoms with Crippen molar-refractivity contribution in [2.24, 2.45) is 5.73 Å². The minimum absolute atomic E-state index is 0.0111. The smallest absolute Gasteiger partial charge is 0.323 e. The van der Waals surface area contributed by atoms with Gasteiger partial charge in [0.1, 0.15) is 17.5 Å². The number of aliphatic carboxylic acids is 1. The summed E-state index contributed by atoms with van der Waals surface area (Å²) in [6, 6.07) is 1.91. The molecule has 0 radical (unpaired) electrons. The van der Waals surface area contributed by atoms with E-state index in [2.05, 4.69) is 15.9 Å². The molecule has 0 aliphatic heterocycles. The molecular formula is C12H12BrFN2O5. The SMILES string of the molecule is NC1(C(=O)O)CCC(Oc2cc(F)c(Br)cc2[N+](=O)[O-])C1. The first-order valence-electron chi connectivity index (χ1n) is 6.05. The molecule has 21 heavy (non-hydrogen) atoms. The second-order valence-corrected chi connectivity index (χ2v) is 5.79. The molecule has 1 aliphatic rings. The fraction of sp³-hybridized carbons (Fsp3) is 0.417. The molecule has 2 rings (SSSR count). The Morgan fingerprint density at radius 1 is 1.62 bits per heavy atom. The molecule has 0 amide bonds. The molecule has 3 N–H and O–H groups in total. The zero-order valence-corrected chi connectivity index (χ0v) is 12.3. The third-order valence-corrected chi connectivity index (χ3v) is 4.03. The minimum Gasteiger partial charge on any atom is -0.483 e. The lowest BCUT2D eigenvalue weighted by Gasteiger charge is -2.18. The highest BCUT2D eigenvalue weighted by Gasteiger charge is 2.43. The van der Waals surface area contributed by atoms with Gasteiger partial charge in [-0.1, -0.05) is 0 Å². The monoisotopic (exact) mass is 362 g/mol. The first-order valence-corrected chi connectivity index (χ1v) is 6.84. The van der Waals surface area contributed by atoms with Crippen LogP contribution in [0.4, 0.5) is 10.1 Å². The standard InChI is InChI=1S/C12H12BrFN2O5/c13-7-3-9(16(19)20)10(4-8(7)14)21-6-1-2-12(15,5-6)11(17)18/h3-4,6H,1-2,5,15H2,(H,17,18). The normalized spacial score (nSPS) is 24.8. The topological polar surface area (TPSA) is 116 Å². The number of halogens is 2. The molecule has 0 aromatic heterocycles. The van der Waals surface area contributed by atoms with Gasteiger partial charge in [-0.05, 0) is 28.8 Å². The van der Waals surface area contributed by atoms with Gasteiger partial charge in [0, 0.05) is 18.6 Å². The van der Waals surface area contributed by atoms with Crippen LogP contribution in [0.3, 0.4) is 0 Å². The van der Waals surface area contributed by atoms with Gasteiger partial charge in [0.25, 0.3) is 0 Å². The number of carbonyl (C=O) groups is 1. The maximum Gasteiger partial charge on any atom is 0.323 e. The number of nitrogens with two attached hydrogens (primary N) is 1. The molecule has 1 aromatic rings. The number of ether oxygens (including phenoxy) is 1. The van der Waals surface area contributed by atoms with Crippen LogP contribution in [0.25, 0.3) is 0 Å². The molecule has 2 unspecified atom stereocenters. The van der Waals surface area contributed by atoms with Crippen molar-refractivity contribution in [1.29, 1.82) is 0 Å². The summed E-state index contributed by atoms with van der Waals surface area (Å²) in [5, 5.41) is 20.0. The molecule has 1 aliphatic carbocycles. The van der Waals surface area contributed by atoms with Crippen LogP contribution in [-0.2, 0) is 4.79 Å². The van der Waals surface area contributed by atoms with E-state index >= 15 is 0 Å². The number of rotatable bonds is 4. The van der Waals surface area contributed by atoms with Crippen LogP contribution in [0.15, 0.2) is 16.6 Å². The summed E-state index contributed by atoms with van der Waals surface area (Å²) in [4.78, 5) is 21.3. The number of carboxylic acid groups (broad SMARTS) is 1. The second-order valence-electron chi connectivity index (χ2n) is 4.94. The van der Waals surface area contributed by atoms with E-state index in [9.17, 15) is 19.3 Å². The average Bonchev–Trinajstić information content (AvgIpc) is 2.76. The lowest BCUT2D eigenvalue weighted by molar-refractivity contribution is -0.386. The lowest BCUT2D eigenvalue weighted by Crippen LogP contribution is -2.46. The zero-order chi connectivity index (χ0) is 15.8. The van der Waals surface area contributed by atoms with Crippen LogP contribution in [0.1, 0.15) is 19.3 Å². The summed E-state index contributed by atoms with van der Waals surface area (Å²) in [5.41, 5.74) is 3.90. The summed E-state index contributed by atoms with van der Waals surface area (Å²) in [6.45, 7) is 0. The van der Waals surface area contributed by atoms with Crippen molar-refractivity contribution in [3.63, 3.8) is 0 Å². The average molecular weight is 363 g/mol. The summed E-state index contributed by atoms with van der Waals surface area (Å²) in [6.07, 6.45) is -0.0698. The van der Waals surface area contributed by atoms with E-state index in [1.807, 2.05) is 0 Å². The van der Waals surface area contributed by atoms with E-state index in [0.717, 1.165) is 12.1 Å². The van der Waals surface area contributed by atoms with Crippen molar-refractivity contribution < 1.29 is 24.0 Å². The van der Waals surface area contributed by atoms with Gasteiger partial charge in [-0.2, -0.15) is 0 Å². The Morgan fingerprint density at radius 3 is 2.81 bits per heavy atom. The lowest BCUT2D eigenvalue weighted by atomic mass is 10.00. The first-order chi connectivity index (χ1) is 9.73. The van der Waals surface area contributed by atoms with Crippen LogP contribution >= 0.6 is 15.9 Å². The van der Waals surface area contributed by atoms with E-state index in [1.165, 1.54) is 0 Å². The van der Waals surface area contributed by atoms with Crippen molar-refractivity contribution in [3.8, 4) is 5.75 Å². The van der Waals surface area contributed by atoms with E-state index < -0.39 is 34.0 Å². The van der Waals surface area contributed by atoms with Crippen LogP contribution < -0.4 is 10.5 Å². The van der Waals surface area contributed by atoms with Crippen LogP contribution in [0.5, 0.6) is 5.75 Å². The van der Waals surface area contributed by atoms with Crippen molar-refractivity contribution in [3.05, 3.63) is 32.5 Å².